The molecule has 4 nitrogen and oxygen atoms in total. The Hall–Kier alpha value is -0.680. The van der Waals surface area contributed by atoms with E-state index >= 15 is 0 Å². The Labute approximate surface area is 136 Å². The minimum absolute atomic E-state index is 0.306. The fourth-order valence-electron chi connectivity index (χ4n) is 6.27. The van der Waals surface area contributed by atoms with Gasteiger partial charge in [0.2, 0.25) is 0 Å². The highest BCUT2D eigenvalue weighted by atomic mass is 32.1. The molecule has 5 heteroatoms. The minimum atomic E-state index is 0.306. The minimum Gasteiger partial charge on any atom is -0.376 e. The molecule has 0 aromatic carbocycles. The average Bonchev–Trinajstić information content (AvgIpc) is 3.09. The fraction of sp³-hybridized carbons (Fsp3) is 0.882. The summed E-state index contributed by atoms with van der Waals surface area (Å²) < 4.78 is 8.93. The van der Waals surface area contributed by atoms with Gasteiger partial charge in [-0.2, -0.15) is 5.10 Å². The Morgan fingerprint density at radius 3 is 2.45 bits per heavy atom. The second kappa shape index (κ2) is 4.91. The first kappa shape index (κ1) is 13.7. The SMILES string of the molecule is S=c1[nH]nc(C23CC4CC(CC(C4)C2)C3)n1C[C@@H]1CCCO1. The van der Waals surface area contributed by atoms with Gasteiger partial charge in [0.05, 0.1) is 12.6 Å². The number of ether oxygens (including phenoxy) is 1. The van der Waals surface area contributed by atoms with E-state index in [-0.39, 0.29) is 0 Å². The lowest BCUT2D eigenvalue weighted by molar-refractivity contribution is -0.0123. The molecule has 0 radical (unpaired) electrons. The lowest BCUT2D eigenvalue weighted by Gasteiger charge is -2.56. The number of rotatable bonds is 3. The summed E-state index contributed by atoms with van der Waals surface area (Å²) in [5, 5.41) is 7.83. The van der Waals surface area contributed by atoms with Crippen molar-refractivity contribution in [1.82, 2.24) is 14.8 Å². The molecule has 120 valence electrons. The Balaban J connectivity index is 1.51. The molecule has 22 heavy (non-hydrogen) atoms. The van der Waals surface area contributed by atoms with Crippen LogP contribution in [0.2, 0.25) is 0 Å². The van der Waals surface area contributed by atoms with E-state index in [1.165, 1.54) is 50.8 Å². The fourth-order valence-corrected chi connectivity index (χ4v) is 6.48. The first-order chi connectivity index (χ1) is 10.7. The molecule has 0 amide bonds. The Kier molecular flexibility index (Phi) is 3.06. The summed E-state index contributed by atoms with van der Waals surface area (Å²) in [6, 6.07) is 0. The third-order valence-corrected chi connectivity index (χ3v) is 6.99. The summed E-state index contributed by atoms with van der Waals surface area (Å²) in [5.41, 5.74) is 0.306. The lowest BCUT2D eigenvalue weighted by Crippen LogP contribution is -2.50. The van der Waals surface area contributed by atoms with Crippen molar-refractivity contribution in [2.75, 3.05) is 6.61 Å². The van der Waals surface area contributed by atoms with E-state index in [0.717, 1.165) is 42.1 Å². The zero-order valence-electron chi connectivity index (χ0n) is 13.1. The first-order valence-corrected chi connectivity index (χ1v) is 9.40. The molecule has 1 aromatic heterocycles. The molecule has 1 aliphatic heterocycles. The number of nitrogens with one attached hydrogen (secondary N) is 1. The van der Waals surface area contributed by atoms with Crippen LogP contribution < -0.4 is 0 Å². The lowest BCUT2D eigenvalue weighted by atomic mass is 9.49. The van der Waals surface area contributed by atoms with Gasteiger partial charge >= 0.3 is 0 Å². The first-order valence-electron chi connectivity index (χ1n) is 8.99. The van der Waals surface area contributed by atoms with Gasteiger partial charge in [0, 0.05) is 12.0 Å². The van der Waals surface area contributed by atoms with Crippen molar-refractivity contribution < 1.29 is 4.74 Å². The number of nitrogens with zero attached hydrogens (tertiary/aromatic N) is 2. The van der Waals surface area contributed by atoms with Crippen LogP contribution in [0.5, 0.6) is 0 Å². The monoisotopic (exact) mass is 319 g/mol. The van der Waals surface area contributed by atoms with Gasteiger partial charge in [-0.1, -0.05) is 0 Å². The molecule has 0 unspecified atom stereocenters. The molecular formula is C17H25N3OS. The van der Waals surface area contributed by atoms with E-state index in [0.29, 0.717) is 11.5 Å². The average molecular weight is 319 g/mol. The summed E-state index contributed by atoms with van der Waals surface area (Å²) >= 11 is 5.55. The van der Waals surface area contributed by atoms with Gasteiger partial charge in [-0.25, -0.2) is 0 Å². The molecule has 1 atom stereocenters. The molecule has 1 N–H and O–H groups in total. The third-order valence-electron chi connectivity index (χ3n) is 6.68. The highest BCUT2D eigenvalue weighted by Gasteiger charge is 2.53. The van der Waals surface area contributed by atoms with Crippen LogP contribution in [0, 0.1) is 22.5 Å². The normalized spacial score (nSPS) is 43.1. The highest BCUT2D eigenvalue weighted by Crippen LogP contribution is 2.60. The number of aromatic nitrogens is 3. The van der Waals surface area contributed by atoms with Crippen molar-refractivity contribution in [3.05, 3.63) is 10.6 Å². The summed E-state index contributed by atoms with van der Waals surface area (Å²) in [5.74, 6) is 4.07. The molecule has 5 fully saturated rings. The van der Waals surface area contributed by atoms with E-state index in [4.69, 9.17) is 22.1 Å². The van der Waals surface area contributed by atoms with Crippen molar-refractivity contribution >= 4 is 12.2 Å². The topological polar surface area (TPSA) is 42.8 Å². The molecule has 5 aliphatic rings. The van der Waals surface area contributed by atoms with Crippen LogP contribution in [-0.2, 0) is 16.7 Å². The predicted molar refractivity (Wildman–Crippen MR) is 86.2 cm³/mol. The Bertz CT molecular complexity index is 593. The van der Waals surface area contributed by atoms with Gasteiger partial charge in [-0.05, 0) is 81.3 Å². The third kappa shape index (κ3) is 2.04. The Morgan fingerprint density at radius 2 is 1.86 bits per heavy atom. The van der Waals surface area contributed by atoms with E-state index in [1.807, 2.05) is 0 Å². The van der Waals surface area contributed by atoms with Gasteiger partial charge < -0.3 is 9.30 Å². The van der Waals surface area contributed by atoms with Crippen molar-refractivity contribution in [3.63, 3.8) is 0 Å². The van der Waals surface area contributed by atoms with Gasteiger partial charge in [0.15, 0.2) is 4.77 Å². The standard InChI is InChI=1S/C17H25N3OS/c22-16-19-18-15(20(16)10-14-2-1-3-21-14)17-7-11-4-12(8-17)6-13(5-11)9-17/h11-14H,1-10H2,(H,19,22)/t11?,12?,13?,14-,17?/m0/s1. The largest absolute Gasteiger partial charge is 0.376 e. The van der Waals surface area contributed by atoms with Crippen LogP contribution in [-0.4, -0.2) is 27.5 Å². The second-order valence-electron chi connectivity index (χ2n) is 8.30. The maximum Gasteiger partial charge on any atom is 0.195 e. The summed E-state index contributed by atoms with van der Waals surface area (Å²) in [7, 11) is 0. The summed E-state index contributed by atoms with van der Waals surface area (Å²) in [6.07, 6.45) is 11.1. The zero-order chi connectivity index (χ0) is 14.7. The van der Waals surface area contributed by atoms with Crippen LogP contribution in [0.3, 0.4) is 0 Å². The van der Waals surface area contributed by atoms with E-state index in [2.05, 4.69) is 9.67 Å². The van der Waals surface area contributed by atoms with Gasteiger partial charge in [-0.3, -0.25) is 5.10 Å². The maximum absolute atomic E-state index is 5.85. The zero-order valence-corrected chi connectivity index (χ0v) is 13.9. The van der Waals surface area contributed by atoms with Crippen LogP contribution >= 0.6 is 12.2 Å². The molecule has 2 heterocycles. The summed E-state index contributed by atoms with van der Waals surface area (Å²) in [6.45, 7) is 1.80. The molecule has 1 saturated heterocycles. The molecule has 4 aliphatic carbocycles. The smallest absolute Gasteiger partial charge is 0.195 e. The van der Waals surface area contributed by atoms with Crippen LogP contribution in [0.15, 0.2) is 0 Å². The highest BCUT2D eigenvalue weighted by molar-refractivity contribution is 7.71. The quantitative estimate of drug-likeness (QED) is 0.866. The van der Waals surface area contributed by atoms with Crippen molar-refractivity contribution in [1.29, 1.82) is 0 Å². The van der Waals surface area contributed by atoms with Crippen molar-refractivity contribution in [2.45, 2.75) is 69.4 Å². The number of hydrogen-bond acceptors (Lipinski definition) is 3. The maximum atomic E-state index is 5.85. The van der Waals surface area contributed by atoms with Crippen molar-refractivity contribution in [3.8, 4) is 0 Å². The number of H-pyrrole nitrogens is 1. The van der Waals surface area contributed by atoms with Crippen LogP contribution in [0.1, 0.15) is 57.2 Å². The number of hydrogen-bond donors (Lipinski definition) is 1. The molecular weight excluding hydrogens is 294 g/mol. The van der Waals surface area contributed by atoms with E-state index < -0.39 is 0 Å². The molecule has 1 aromatic rings. The predicted octanol–water partition coefficient (Wildman–Crippen LogP) is 3.59. The van der Waals surface area contributed by atoms with E-state index in [9.17, 15) is 0 Å². The number of aromatic amines is 1. The van der Waals surface area contributed by atoms with E-state index in [1.54, 1.807) is 0 Å². The van der Waals surface area contributed by atoms with Crippen LogP contribution in [0.25, 0.3) is 0 Å². The Morgan fingerprint density at radius 1 is 1.18 bits per heavy atom. The van der Waals surface area contributed by atoms with Crippen molar-refractivity contribution in [2.24, 2.45) is 17.8 Å². The molecule has 0 spiro atoms. The van der Waals surface area contributed by atoms with Crippen LogP contribution in [0.4, 0.5) is 0 Å². The molecule has 4 bridgehead atoms. The van der Waals surface area contributed by atoms with Gasteiger partial charge in [0.25, 0.3) is 0 Å². The molecule has 6 rings (SSSR count). The molecule has 4 saturated carbocycles. The van der Waals surface area contributed by atoms with Gasteiger partial charge in [0.1, 0.15) is 5.82 Å². The second-order valence-corrected chi connectivity index (χ2v) is 8.68. The van der Waals surface area contributed by atoms with Gasteiger partial charge in [-0.15, -0.1) is 0 Å². The summed E-state index contributed by atoms with van der Waals surface area (Å²) in [4.78, 5) is 0.